The third-order valence-electron chi connectivity index (χ3n) is 5.49. The van der Waals surface area contributed by atoms with Crippen molar-refractivity contribution in [3.63, 3.8) is 0 Å². The van der Waals surface area contributed by atoms with Gasteiger partial charge in [-0.05, 0) is 30.2 Å². The van der Waals surface area contributed by atoms with E-state index >= 15 is 0 Å². The number of aromatic nitrogens is 1. The van der Waals surface area contributed by atoms with Crippen LogP contribution in [0.5, 0.6) is 0 Å². The molecule has 0 aliphatic carbocycles. The van der Waals surface area contributed by atoms with E-state index in [2.05, 4.69) is 24.0 Å². The normalized spacial score (nSPS) is 15.8. The highest BCUT2D eigenvalue weighted by molar-refractivity contribution is 7.89. The van der Waals surface area contributed by atoms with Gasteiger partial charge in [0, 0.05) is 38.0 Å². The Hall–Kier alpha value is -2.43. The van der Waals surface area contributed by atoms with Gasteiger partial charge in [0.1, 0.15) is 0 Å². The van der Waals surface area contributed by atoms with E-state index in [1.165, 1.54) is 34.6 Å². The lowest BCUT2D eigenvalue weighted by Crippen LogP contribution is -2.49. The van der Waals surface area contributed by atoms with Crippen LogP contribution in [0.3, 0.4) is 0 Å². The third-order valence-corrected chi connectivity index (χ3v) is 8.40. The number of benzene rings is 2. The third kappa shape index (κ3) is 4.67. The summed E-state index contributed by atoms with van der Waals surface area (Å²) in [4.78, 5) is 5.97. The van der Waals surface area contributed by atoms with Crippen molar-refractivity contribution in [1.29, 1.82) is 0 Å². The number of hydrogen-bond acceptors (Lipinski definition) is 5. The highest BCUT2D eigenvalue weighted by Crippen LogP contribution is 2.35. The molecule has 2 heterocycles. The van der Waals surface area contributed by atoms with E-state index in [0.717, 1.165) is 27.3 Å². The number of halogens is 3. The second-order valence-corrected chi connectivity index (χ2v) is 10.4. The zero-order valence-corrected chi connectivity index (χ0v) is 19.0. The number of hydrogen-bond donors (Lipinski definition) is 0. The molecule has 5 nitrogen and oxygen atoms in total. The predicted octanol–water partition coefficient (Wildman–Crippen LogP) is 4.57. The molecule has 0 spiro atoms. The summed E-state index contributed by atoms with van der Waals surface area (Å²) in [5.41, 5.74) is 2.19. The van der Waals surface area contributed by atoms with Crippen LogP contribution in [0.2, 0.25) is 0 Å². The summed E-state index contributed by atoms with van der Waals surface area (Å²) in [7, 11) is -4.25. The molecule has 0 N–H and O–H groups in total. The molecule has 0 unspecified atom stereocenters. The highest BCUT2D eigenvalue weighted by atomic mass is 32.2. The summed E-state index contributed by atoms with van der Waals surface area (Å²) in [6.07, 6.45) is -4.02. The number of rotatable bonds is 5. The average Bonchev–Trinajstić information content (AvgIpc) is 3.23. The van der Waals surface area contributed by atoms with Crippen LogP contribution in [-0.4, -0.2) is 43.9 Å². The lowest BCUT2D eigenvalue weighted by atomic mass is 10.1. The van der Waals surface area contributed by atoms with Gasteiger partial charge in [0.05, 0.1) is 16.2 Å². The van der Waals surface area contributed by atoms with Crippen molar-refractivity contribution in [2.24, 2.45) is 0 Å². The molecule has 0 saturated carbocycles. The number of nitrogens with zero attached hydrogens (tertiary/aromatic N) is 3. The van der Waals surface area contributed by atoms with Crippen LogP contribution in [0.15, 0.2) is 58.8 Å². The van der Waals surface area contributed by atoms with Gasteiger partial charge in [-0.2, -0.15) is 17.5 Å². The van der Waals surface area contributed by atoms with Crippen molar-refractivity contribution < 1.29 is 21.6 Å². The smallest absolute Gasteiger partial charge is 0.345 e. The van der Waals surface area contributed by atoms with Crippen LogP contribution in [0, 0.1) is 6.92 Å². The van der Waals surface area contributed by atoms with Gasteiger partial charge in [0.2, 0.25) is 10.0 Å². The largest absolute Gasteiger partial charge is 0.417 e. The summed E-state index contributed by atoms with van der Waals surface area (Å²) in [6.45, 7) is 2.98. The molecule has 0 atom stereocenters. The summed E-state index contributed by atoms with van der Waals surface area (Å²) in [6, 6.07) is 12.4. The first-order chi connectivity index (χ1) is 15.2. The van der Waals surface area contributed by atoms with Gasteiger partial charge in [0.25, 0.3) is 0 Å². The van der Waals surface area contributed by atoms with E-state index in [1.54, 1.807) is 0 Å². The van der Waals surface area contributed by atoms with Crippen LogP contribution >= 0.6 is 11.3 Å². The molecule has 10 heteroatoms. The van der Waals surface area contributed by atoms with Crippen molar-refractivity contribution in [2.75, 3.05) is 31.1 Å². The van der Waals surface area contributed by atoms with E-state index in [1.807, 2.05) is 22.4 Å². The molecule has 1 aromatic heterocycles. The molecule has 1 aliphatic heterocycles. The van der Waals surface area contributed by atoms with Crippen molar-refractivity contribution >= 4 is 26.5 Å². The van der Waals surface area contributed by atoms with Crippen LogP contribution in [-0.2, 0) is 22.6 Å². The highest BCUT2D eigenvalue weighted by Gasteiger charge is 2.39. The molecule has 0 radical (unpaired) electrons. The predicted molar refractivity (Wildman–Crippen MR) is 119 cm³/mol. The molecular formula is C22H22F3N3O2S2. The van der Waals surface area contributed by atoms with Crippen LogP contribution in [0.25, 0.3) is 0 Å². The van der Waals surface area contributed by atoms with Crippen LogP contribution in [0.4, 0.5) is 18.3 Å². The Morgan fingerprint density at radius 2 is 1.66 bits per heavy atom. The second-order valence-electron chi connectivity index (χ2n) is 7.61. The van der Waals surface area contributed by atoms with Gasteiger partial charge in [-0.3, -0.25) is 0 Å². The van der Waals surface area contributed by atoms with Crippen LogP contribution < -0.4 is 4.90 Å². The van der Waals surface area contributed by atoms with Gasteiger partial charge in [-0.25, -0.2) is 13.4 Å². The summed E-state index contributed by atoms with van der Waals surface area (Å²) in [5.74, 6) is 0. The summed E-state index contributed by atoms with van der Waals surface area (Å²) >= 11 is 1.49. The number of alkyl halides is 3. The maximum atomic E-state index is 13.3. The maximum absolute atomic E-state index is 13.3. The number of piperazine rings is 1. The van der Waals surface area contributed by atoms with Crippen molar-refractivity contribution in [3.8, 4) is 0 Å². The lowest BCUT2D eigenvalue weighted by molar-refractivity contribution is -0.139. The molecule has 2 aromatic carbocycles. The number of sulfonamides is 1. The first kappa shape index (κ1) is 22.8. The monoisotopic (exact) mass is 481 g/mol. The Morgan fingerprint density at radius 3 is 2.34 bits per heavy atom. The fourth-order valence-corrected chi connectivity index (χ4v) is 6.22. The fraction of sp³-hybridized carbons (Fsp3) is 0.318. The van der Waals surface area contributed by atoms with Gasteiger partial charge in [-0.15, -0.1) is 11.3 Å². The lowest BCUT2D eigenvalue weighted by Gasteiger charge is -2.34. The molecule has 0 amide bonds. The van der Waals surface area contributed by atoms with Crippen LogP contribution in [0.1, 0.15) is 22.4 Å². The minimum absolute atomic E-state index is 0.0984. The quantitative estimate of drug-likeness (QED) is 0.536. The van der Waals surface area contributed by atoms with Crippen molar-refractivity contribution in [2.45, 2.75) is 24.4 Å². The Kier molecular flexibility index (Phi) is 6.28. The molecule has 4 rings (SSSR count). The topological polar surface area (TPSA) is 53.5 Å². The molecule has 0 bridgehead atoms. The van der Waals surface area contributed by atoms with E-state index in [9.17, 15) is 21.6 Å². The first-order valence-electron chi connectivity index (χ1n) is 10.1. The van der Waals surface area contributed by atoms with Gasteiger partial charge < -0.3 is 4.90 Å². The Morgan fingerprint density at radius 1 is 1.00 bits per heavy atom. The number of aryl methyl sites for hydroxylation is 1. The molecule has 1 fully saturated rings. The minimum atomic E-state index is -4.74. The maximum Gasteiger partial charge on any atom is 0.417 e. The Balaban J connectivity index is 1.45. The number of thiazole rings is 1. The summed E-state index contributed by atoms with van der Waals surface area (Å²) < 4.78 is 66.9. The second kappa shape index (κ2) is 8.84. The molecule has 32 heavy (non-hydrogen) atoms. The molecule has 3 aromatic rings. The Labute approximate surface area is 189 Å². The Bertz CT molecular complexity index is 1200. The van der Waals surface area contributed by atoms with Gasteiger partial charge >= 0.3 is 6.18 Å². The van der Waals surface area contributed by atoms with Gasteiger partial charge in [0.15, 0.2) is 5.13 Å². The van der Waals surface area contributed by atoms with E-state index < -0.39 is 26.7 Å². The van der Waals surface area contributed by atoms with Crippen molar-refractivity contribution in [3.05, 3.63) is 76.3 Å². The fourth-order valence-electron chi connectivity index (χ4n) is 3.71. The molecular weight excluding hydrogens is 459 g/mol. The minimum Gasteiger partial charge on any atom is -0.345 e. The standard InChI is InChI=1S/C22H22F3N3O2S2/c1-16-6-2-3-7-17(16)14-18-15-31-21(26-18)27-10-12-28(13-11-27)32(29,30)20-9-5-4-8-19(20)22(23,24)25/h2-9,15H,10-14H2,1H3. The van der Waals surface area contributed by atoms with E-state index in [4.69, 9.17) is 0 Å². The molecule has 1 aliphatic rings. The van der Waals surface area contributed by atoms with E-state index in [0.29, 0.717) is 19.5 Å². The van der Waals surface area contributed by atoms with E-state index in [-0.39, 0.29) is 13.1 Å². The zero-order valence-electron chi connectivity index (χ0n) is 17.3. The first-order valence-corrected chi connectivity index (χ1v) is 12.4. The number of anilines is 1. The summed E-state index contributed by atoms with van der Waals surface area (Å²) in [5, 5.41) is 2.78. The average molecular weight is 482 g/mol. The SMILES string of the molecule is Cc1ccccc1Cc1csc(N2CCN(S(=O)(=O)c3ccccc3C(F)(F)F)CC2)n1. The van der Waals surface area contributed by atoms with Crippen molar-refractivity contribution in [1.82, 2.24) is 9.29 Å². The molecule has 1 saturated heterocycles. The zero-order chi connectivity index (χ0) is 22.9. The molecule has 170 valence electrons. The van der Waals surface area contributed by atoms with Gasteiger partial charge in [-0.1, -0.05) is 36.4 Å².